The lowest BCUT2D eigenvalue weighted by atomic mass is 10.1. The zero-order valence-electron chi connectivity index (χ0n) is 16.7. The number of hydrogen-bond donors (Lipinski definition) is 1. The van der Waals surface area contributed by atoms with Crippen molar-refractivity contribution in [1.29, 1.82) is 0 Å². The fourth-order valence-electron chi connectivity index (χ4n) is 2.69. The van der Waals surface area contributed by atoms with Crippen molar-refractivity contribution >= 4 is 15.9 Å². The maximum Gasteiger partial charge on any atom is 0.162 e. The van der Waals surface area contributed by atoms with Crippen LogP contribution in [0.1, 0.15) is 37.0 Å². The van der Waals surface area contributed by atoms with Crippen LogP contribution in [0.2, 0.25) is 0 Å². The molecule has 27 heavy (non-hydrogen) atoms. The zero-order valence-corrected chi connectivity index (χ0v) is 18.3. The van der Waals surface area contributed by atoms with E-state index in [1.165, 1.54) is 5.56 Å². The van der Waals surface area contributed by atoms with Crippen molar-refractivity contribution < 1.29 is 14.2 Å². The number of rotatable bonds is 11. The molecule has 0 unspecified atom stereocenters. The quantitative estimate of drug-likeness (QED) is 0.489. The number of hydrogen-bond acceptors (Lipinski definition) is 4. The highest BCUT2D eigenvalue weighted by atomic mass is 79.9. The molecule has 0 fully saturated rings. The van der Waals surface area contributed by atoms with E-state index in [1.807, 2.05) is 18.2 Å². The van der Waals surface area contributed by atoms with E-state index >= 15 is 0 Å². The van der Waals surface area contributed by atoms with Gasteiger partial charge in [-0.3, -0.25) is 0 Å². The Hall–Kier alpha value is -1.56. The topological polar surface area (TPSA) is 39.7 Å². The van der Waals surface area contributed by atoms with E-state index in [4.69, 9.17) is 14.2 Å². The molecule has 1 N–H and O–H groups in total. The Morgan fingerprint density at radius 2 is 1.93 bits per heavy atom. The van der Waals surface area contributed by atoms with Crippen molar-refractivity contribution in [1.82, 2.24) is 5.32 Å². The van der Waals surface area contributed by atoms with Gasteiger partial charge in [-0.25, -0.2) is 0 Å². The molecule has 148 valence electrons. The van der Waals surface area contributed by atoms with Crippen LogP contribution in [0.4, 0.5) is 0 Å². The van der Waals surface area contributed by atoms with Crippen LogP contribution in [0.15, 0.2) is 40.9 Å². The molecule has 4 nitrogen and oxygen atoms in total. The Kier molecular flexibility index (Phi) is 9.11. The van der Waals surface area contributed by atoms with Crippen LogP contribution in [-0.2, 0) is 17.9 Å². The molecule has 0 saturated heterocycles. The molecular formula is C22H30BrNO3. The van der Waals surface area contributed by atoms with Crippen LogP contribution in [0.5, 0.6) is 11.5 Å². The Morgan fingerprint density at radius 3 is 2.63 bits per heavy atom. The van der Waals surface area contributed by atoms with Crippen LogP contribution in [-0.4, -0.2) is 26.4 Å². The smallest absolute Gasteiger partial charge is 0.162 e. The van der Waals surface area contributed by atoms with Crippen LogP contribution in [0.3, 0.4) is 0 Å². The second-order valence-electron chi connectivity index (χ2n) is 6.82. The SMILES string of the molecule is COc1cc(CNCCCOC(C)C)c(Br)cc1OCc1cccc(C)c1. The average Bonchev–Trinajstić information content (AvgIpc) is 2.63. The first-order chi connectivity index (χ1) is 13.0. The van der Waals surface area contributed by atoms with Crippen LogP contribution >= 0.6 is 15.9 Å². The summed E-state index contributed by atoms with van der Waals surface area (Å²) in [6.07, 6.45) is 1.28. The van der Waals surface area contributed by atoms with Gasteiger partial charge in [0.1, 0.15) is 6.61 Å². The number of aryl methyl sites for hydroxylation is 1. The third-order valence-electron chi connectivity index (χ3n) is 4.07. The molecule has 0 amide bonds. The Morgan fingerprint density at radius 1 is 1.11 bits per heavy atom. The molecule has 2 aromatic carbocycles. The molecule has 5 heteroatoms. The second-order valence-corrected chi connectivity index (χ2v) is 7.68. The molecule has 0 bridgehead atoms. The summed E-state index contributed by atoms with van der Waals surface area (Å²) in [6.45, 7) is 9.15. The molecule has 0 saturated carbocycles. The van der Waals surface area contributed by atoms with Crippen molar-refractivity contribution in [2.75, 3.05) is 20.3 Å². The van der Waals surface area contributed by atoms with Gasteiger partial charge in [0.05, 0.1) is 13.2 Å². The van der Waals surface area contributed by atoms with E-state index < -0.39 is 0 Å². The summed E-state index contributed by atoms with van der Waals surface area (Å²) in [7, 11) is 1.67. The van der Waals surface area contributed by atoms with Gasteiger partial charge in [0.25, 0.3) is 0 Å². The lowest BCUT2D eigenvalue weighted by Gasteiger charge is -2.15. The lowest BCUT2D eigenvalue weighted by Crippen LogP contribution is -2.17. The Balaban J connectivity index is 1.91. The van der Waals surface area contributed by atoms with E-state index in [0.29, 0.717) is 6.61 Å². The third kappa shape index (κ3) is 7.53. The van der Waals surface area contributed by atoms with E-state index in [-0.39, 0.29) is 6.10 Å². The molecule has 0 heterocycles. The van der Waals surface area contributed by atoms with Gasteiger partial charge in [-0.05, 0) is 57.0 Å². The van der Waals surface area contributed by atoms with Gasteiger partial charge < -0.3 is 19.5 Å². The minimum Gasteiger partial charge on any atom is -0.493 e. The maximum absolute atomic E-state index is 5.99. The van der Waals surface area contributed by atoms with Gasteiger partial charge in [0.2, 0.25) is 0 Å². The third-order valence-corrected chi connectivity index (χ3v) is 4.81. The summed E-state index contributed by atoms with van der Waals surface area (Å²) in [5.41, 5.74) is 3.51. The largest absolute Gasteiger partial charge is 0.493 e. The van der Waals surface area contributed by atoms with E-state index in [0.717, 1.165) is 53.2 Å². The summed E-state index contributed by atoms with van der Waals surface area (Å²) in [6, 6.07) is 12.3. The molecule has 0 aliphatic heterocycles. The van der Waals surface area contributed by atoms with E-state index in [9.17, 15) is 0 Å². The highest BCUT2D eigenvalue weighted by molar-refractivity contribution is 9.10. The highest BCUT2D eigenvalue weighted by Gasteiger charge is 2.11. The Labute approximate surface area is 171 Å². The van der Waals surface area contributed by atoms with Crippen molar-refractivity contribution in [2.45, 2.75) is 46.4 Å². The predicted molar refractivity (Wildman–Crippen MR) is 114 cm³/mol. The number of nitrogens with one attached hydrogen (secondary N) is 1. The molecule has 0 atom stereocenters. The number of benzene rings is 2. The van der Waals surface area contributed by atoms with Gasteiger partial charge in [-0.1, -0.05) is 45.8 Å². The zero-order chi connectivity index (χ0) is 19.6. The summed E-state index contributed by atoms with van der Waals surface area (Å²) < 4.78 is 18.1. The fraction of sp³-hybridized carbons (Fsp3) is 0.455. The van der Waals surface area contributed by atoms with Crippen molar-refractivity contribution in [3.8, 4) is 11.5 Å². The van der Waals surface area contributed by atoms with Crippen molar-refractivity contribution in [2.24, 2.45) is 0 Å². The van der Waals surface area contributed by atoms with E-state index in [1.54, 1.807) is 7.11 Å². The second kappa shape index (κ2) is 11.3. The molecule has 2 rings (SSSR count). The van der Waals surface area contributed by atoms with Crippen molar-refractivity contribution in [3.63, 3.8) is 0 Å². The average molecular weight is 436 g/mol. The van der Waals surface area contributed by atoms with Gasteiger partial charge in [-0.15, -0.1) is 0 Å². The van der Waals surface area contributed by atoms with Gasteiger partial charge in [0.15, 0.2) is 11.5 Å². The molecule has 0 aliphatic carbocycles. The molecule has 2 aromatic rings. The highest BCUT2D eigenvalue weighted by Crippen LogP contribution is 2.34. The van der Waals surface area contributed by atoms with Crippen LogP contribution in [0.25, 0.3) is 0 Å². The maximum atomic E-state index is 5.99. The number of ether oxygens (including phenoxy) is 3. The summed E-state index contributed by atoms with van der Waals surface area (Å²) in [5, 5.41) is 3.44. The summed E-state index contributed by atoms with van der Waals surface area (Å²) in [4.78, 5) is 0. The number of methoxy groups -OCH3 is 1. The standard InChI is InChI=1S/C22H30BrNO3/c1-16(2)26-10-6-9-24-14-19-12-21(25-4)22(13-20(19)23)27-15-18-8-5-7-17(3)11-18/h5,7-8,11-13,16,24H,6,9-10,14-15H2,1-4H3. The minimum atomic E-state index is 0.288. The van der Waals surface area contributed by atoms with Gasteiger partial charge in [-0.2, -0.15) is 0 Å². The summed E-state index contributed by atoms with van der Waals surface area (Å²) in [5.74, 6) is 1.48. The molecule has 0 aliphatic rings. The first-order valence-electron chi connectivity index (χ1n) is 9.36. The fourth-order valence-corrected chi connectivity index (χ4v) is 3.15. The number of halogens is 1. The van der Waals surface area contributed by atoms with Crippen LogP contribution in [0, 0.1) is 6.92 Å². The molecule has 0 spiro atoms. The molecule has 0 radical (unpaired) electrons. The van der Waals surface area contributed by atoms with E-state index in [2.05, 4.69) is 60.2 Å². The first kappa shape index (κ1) is 21.7. The lowest BCUT2D eigenvalue weighted by molar-refractivity contribution is 0.0770. The normalized spacial score (nSPS) is 11.0. The molecular weight excluding hydrogens is 406 g/mol. The monoisotopic (exact) mass is 435 g/mol. The van der Waals surface area contributed by atoms with Crippen molar-refractivity contribution in [3.05, 3.63) is 57.6 Å². The molecule has 0 aromatic heterocycles. The first-order valence-corrected chi connectivity index (χ1v) is 10.2. The predicted octanol–water partition coefficient (Wildman–Crippen LogP) is 5.25. The van der Waals surface area contributed by atoms with Gasteiger partial charge >= 0.3 is 0 Å². The summed E-state index contributed by atoms with van der Waals surface area (Å²) >= 11 is 3.65. The van der Waals surface area contributed by atoms with Gasteiger partial charge in [0, 0.05) is 17.6 Å². The van der Waals surface area contributed by atoms with Crippen LogP contribution < -0.4 is 14.8 Å². The Bertz CT molecular complexity index is 719. The minimum absolute atomic E-state index is 0.288.